The number of rotatable bonds is 17. The van der Waals surface area contributed by atoms with E-state index >= 15 is 0 Å². The molecule has 12 nitrogen and oxygen atoms in total. The molecule has 0 aromatic carbocycles. The Hall–Kier alpha value is -1.38. The summed E-state index contributed by atoms with van der Waals surface area (Å²) in [5.41, 5.74) is -1.48. The van der Waals surface area contributed by atoms with Crippen molar-refractivity contribution in [3.8, 4) is 0 Å². The van der Waals surface area contributed by atoms with Gasteiger partial charge in [-0.05, 0) is 13.3 Å². The van der Waals surface area contributed by atoms with Crippen LogP contribution in [0.25, 0.3) is 0 Å². The van der Waals surface area contributed by atoms with Crippen LogP contribution in [-0.4, -0.2) is 130 Å². The molecule has 0 N–H and O–H groups in total. The first-order valence-corrected chi connectivity index (χ1v) is 17.6. The number of hydrogen-bond donors (Lipinski definition) is 0. The lowest BCUT2D eigenvalue weighted by Gasteiger charge is -2.28. The maximum Gasteiger partial charge on any atom is 0.323 e. The van der Waals surface area contributed by atoms with Crippen molar-refractivity contribution >= 4 is 11.9 Å². The molecule has 12 heteroatoms. The summed E-state index contributed by atoms with van der Waals surface area (Å²) in [5, 5.41) is 0. The summed E-state index contributed by atoms with van der Waals surface area (Å²) >= 11 is 0. The van der Waals surface area contributed by atoms with Crippen LogP contribution in [0, 0.1) is 5.41 Å². The normalized spacial score (nSPS) is 23.0. The molecule has 0 saturated carbocycles. The molecule has 2 fully saturated rings. The van der Waals surface area contributed by atoms with E-state index in [1.54, 1.807) is 6.92 Å². The fourth-order valence-corrected chi connectivity index (χ4v) is 5.05. The molecule has 0 spiro atoms. The van der Waals surface area contributed by atoms with E-state index in [4.69, 9.17) is 47.4 Å². The van der Waals surface area contributed by atoms with Crippen LogP contribution in [0.2, 0.25) is 0 Å². The molecule has 2 aliphatic rings. The van der Waals surface area contributed by atoms with Crippen molar-refractivity contribution in [2.75, 3.05) is 106 Å². The highest BCUT2D eigenvalue weighted by Crippen LogP contribution is 2.29. The van der Waals surface area contributed by atoms with Gasteiger partial charge in [0.05, 0.1) is 92.5 Å². The third-order valence-electron chi connectivity index (χ3n) is 7.99. The molecule has 46 heavy (non-hydrogen) atoms. The van der Waals surface area contributed by atoms with E-state index in [0.717, 1.165) is 19.3 Å². The number of carbonyl (C=O) groups excluding carboxylic acids is 2. The van der Waals surface area contributed by atoms with Crippen molar-refractivity contribution in [3.63, 3.8) is 0 Å². The topological polar surface area (TPSA) is 126 Å². The summed E-state index contributed by atoms with van der Waals surface area (Å²) < 4.78 is 56.3. The Morgan fingerprint density at radius 1 is 0.522 bits per heavy atom. The monoisotopic (exact) mass is 662 g/mol. The van der Waals surface area contributed by atoms with Crippen molar-refractivity contribution in [2.24, 2.45) is 5.41 Å². The molecular weight excluding hydrogens is 600 g/mol. The highest BCUT2D eigenvalue weighted by molar-refractivity contribution is 5.99. The summed E-state index contributed by atoms with van der Waals surface area (Å²) in [7, 11) is 0. The predicted octanol–water partition coefficient (Wildman–Crippen LogP) is 4.29. The second-order valence-electron chi connectivity index (χ2n) is 12.0. The lowest BCUT2D eigenvalue weighted by molar-refractivity contribution is -0.178. The largest absolute Gasteiger partial charge is 0.462 e. The highest BCUT2D eigenvalue weighted by atomic mass is 16.6. The minimum absolute atomic E-state index is 0.0533. The molecule has 0 aliphatic carbocycles. The molecule has 2 saturated heterocycles. The third kappa shape index (κ3) is 19.4. The minimum atomic E-state index is -1.48. The molecule has 2 aliphatic heterocycles. The van der Waals surface area contributed by atoms with Gasteiger partial charge < -0.3 is 47.4 Å². The van der Waals surface area contributed by atoms with E-state index in [9.17, 15) is 9.59 Å². The van der Waals surface area contributed by atoms with Crippen LogP contribution in [0.1, 0.15) is 84.5 Å². The average molecular weight is 663 g/mol. The van der Waals surface area contributed by atoms with Gasteiger partial charge in [-0.25, -0.2) is 0 Å². The van der Waals surface area contributed by atoms with Crippen molar-refractivity contribution in [1.82, 2.24) is 0 Å². The quantitative estimate of drug-likeness (QED) is 0.125. The highest BCUT2D eigenvalue weighted by Gasteiger charge is 2.44. The molecule has 270 valence electrons. The van der Waals surface area contributed by atoms with Crippen molar-refractivity contribution in [2.45, 2.75) is 96.7 Å². The molecule has 0 aromatic heterocycles. The molecule has 0 aromatic rings. The van der Waals surface area contributed by atoms with Crippen LogP contribution < -0.4 is 0 Å². The fraction of sp³-hybridized carbons (Fsp3) is 0.941. The Kier molecular flexibility index (Phi) is 24.4. The van der Waals surface area contributed by atoms with Crippen molar-refractivity contribution < 1.29 is 57.0 Å². The number of carbonyl (C=O) groups is 2. The Balaban J connectivity index is 1.93. The zero-order valence-electron chi connectivity index (χ0n) is 28.6. The summed E-state index contributed by atoms with van der Waals surface area (Å²) in [4.78, 5) is 27.1. The Morgan fingerprint density at radius 3 is 1.28 bits per heavy atom. The second-order valence-corrected chi connectivity index (χ2v) is 12.0. The van der Waals surface area contributed by atoms with Crippen molar-refractivity contribution in [3.05, 3.63) is 0 Å². The van der Waals surface area contributed by atoms with E-state index in [-0.39, 0.29) is 26.4 Å². The van der Waals surface area contributed by atoms with Gasteiger partial charge in [-0.3, -0.25) is 9.59 Å². The minimum Gasteiger partial charge on any atom is -0.462 e. The Labute approximate surface area is 276 Å². The van der Waals surface area contributed by atoms with Gasteiger partial charge >= 0.3 is 11.9 Å². The second kappa shape index (κ2) is 27.6. The average Bonchev–Trinajstić information content (AvgIpc) is 3.04. The molecular formula is C34H62O12. The van der Waals surface area contributed by atoms with Crippen LogP contribution in [0.15, 0.2) is 0 Å². The smallest absolute Gasteiger partial charge is 0.323 e. The van der Waals surface area contributed by atoms with E-state index in [0.29, 0.717) is 92.1 Å². The van der Waals surface area contributed by atoms with Crippen LogP contribution >= 0.6 is 0 Å². The van der Waals surface area contributed by atoms with Gasteiger partial charge in [-0.2, -0.15) is 0 Å². The molecule has 2 atom stereocenters. The fourth-order valence-electron chi connectivity index (χ4n) is 5.05. The van der Waals surface area contributed by atoms with Gasteiger partial charge in [0.1, 0.15) is 25.4 Å². The Morgan fingerprint density at radius 2 is 0.870 bits per heavy atom. The van der Waals surface area contributed by atoms with Crippen LogP contribution in [0.4, 0.5) is 0 Å². The number of hydrogen-bond acceptors (Lipinski definition) is 12. The summed E-state index contributed by atoms with van der Waals surface area (Å²) in [6, 6.07) is 0. The Bertz CT molecular complexity index is 682. The molecule has 2 unspecified atom stereocenters. The number of ether oxygens (including phenoxy) is 10. The maximum atomic E-state index is 13.6. The summed E-state index contributed by atoms with van der Waals surface area (Å²) in [5.74, 6) is -1.27. The third-order valence-corrected chi connectivity index (χ3v) is 7.99. The first-order valence-electron chi connectivity index (χ1n) is 17.6. The van der Waals surface area contributed by atoms with Gasteiger partial charge in [0.2, 0.25) is 0 Å². The lowest BCUT2D eigenvalue weighted by atomic mass is 9.84. The zero-order valence-corrected chi connectivity index (χ0v) is 28.6. The van der Waals surface area contributed by atoms with E-state index in [2.05, 4.69) is 6.92 Å². The van der Waals surface area contributed by atoms with Crippen LogP contribution in [-0.2, 0) is 57.0 Å². The molecule has 0 amide bonds. The molecule has 0 bridgehead atoms. The van der Waals surface area contributed by atoms with Gasteiger partial charge in [0.15, 0.2) is 5.41 Å². The number of esters is 2. The predicted molar refractivity (Wildman–Crippen MR) is 171 cm³/mol. The van der Waals surface area contributed by atoms with E-state index < -0.39 is 29.6 Å². The lowest BCUT2D eigenvalue weighted by Crippen LogP contribution is -2.42. The molecule has 2 heterocycles. The summed E-state index contributed by atoms with van der Waals surface area (Å²) in [6.45, 7) is 9.23. The van der Waals surface area contributed by atoms with E-state index in [1.165, 1.54) is 38.5 Å². The number of unbranched alkanes of at least 4 members (excludes halogenated alkanes) is 9. The van der Waals surface area contributed by atoms with Gasteiger partial charge in [0, 0.05) is 0 Å². The van der Waals surface area contributed by atoms with Crippen LogP contribution in [0.5, 0.6) is 0 Å². The van der Waals surface area contributed by atoms with Gasteiger partial charge in [-0.1, -0.05) is 71.1 Å². The standard InChI is InChI=1S/C34H62O12/c1-3-4-5-6-7-8-9-10-11-12-13-34(2,32(35)45-28-30-26-41-20-18-37-14-16-39-22-24-43-30)33(36)46-29-31-27-42-21-19-38-15-17-40-23-25-44-31/h30-31H,3-29H2,1-2H3. The van der Waals surface area contributed by atoms with E-state index in [1.807, 2.05) is 0 Å². The molecule has 0 radical (unpaired) electrons. The molecule has 2 rings (SSSR count). The summed E-state index contributed by atoms with van der Waals surface area (Å²) in [6.07, 6.45) is 10.8. The first kappa shape index (κ1) is 40.8. The zero-order chi connectivity index (χ0) is 33.0. The van der Waals surface area contributed by atoms with Crippen molar-refractivity contribution in [1.29, 1.82) is 0 Å². The SMILES string of the molecule is CCCCCCCCCCCCC(C)(C(=O)OCC1COCCOCCOCCO1)C(=O)OCC1COCCOCCOCCO1. The van der Waals surface area contributed by atoms with Crippen LogP contribution in [0.3, 0.4) is 0 Å². The van der Waals surface area contributed by atoms with Gasteiger partial charge in [0.25, 0.3) is 0 Å². The van der Waals surface area contributed by atoms with Gasteiger partial charge in [-0.15, -0.1) is 0 Å². The first-order chi connectivity index (χ1) is 22.6. The maximum absolute atomic E-state index is 13.6.